The van der Waals surface area contributed by atoms with Gasteiger partial charge in [-0.15, -0.1) is 0 Å². The van der Waals surface area contributed by atoms with Gasteiger partial charge in [-0.25, -0.2) is 0 Å². The van der Waals surface area contributed by atoms with E-state index in [1.165, 1.54) is 12.1 Å². The van der Waals surface area contributed by atoms with Gasteiger partial charge in [-0.05, 0) is 31.0 Å². The van der Waals surface area contributed by atoms with Gasteiger partial charge in [0.25, 0.3) is 11.6 Å². The number of rotatable bonds is 6. The Bertz CT molecular complexity index is 737. The van der Waals surface area contributed by atoms with Crippen molar-refractivity contribution in [1.29, 1.82) is 0 Å². The zero-order valence-electron chi connectivity index (χ0n) is 13.0. The number of carbonyl (C=O) groups excluding carboxylic acids is 1. The molecule has 24 heavy (non-hydrogen) atoms. The summed E-state index contributed by atoms with van der Waals surface area (Å²) in [6.07, 6.45) is -0.446. The number of benzene rings is 2. The number of nitro benzene ring substituents is 1. The lowest BCUT2D eigenvalue weighted by Gasteiger charge is -2.18. The molecular weight excluding hydrogens is 332 g/mol. The predicted octanol–water partition coefficient (Wildman–Crippen LogP) is 3.49. The third-order valence-electron chi connectivity index (χ3n) is 3.54. The average molecular weight is 349 g/mol. The molecule has 0 fully saturated rings. The molecule has 2 N–H and O–H groups in total. The number of hydrogen-bond acceptors (Lipinski definition) is 4. The highest BCUT2D eigenvalue weighted by atomic mass is 35.5. The molecule has 1 amide bonds. The molecule has 126 valence electrons. The van der Waals surface area contributed by atoms with Crippen LogP contribution in [0.2, 0.25) is 5.02 Å². The van der Waals surface area contributed by atoms with Crippen LogP contribution in [0.15, 0.2) is 48.5 Å². The van der Waals surface area contributed by atoms with Crippen molar-refractivity contribution < 1.29 is 14.8 Å². The first-order chi connectivity index (χ1) is 11.4. The number of halogens is 1. The largest absolute Gasteiger partial charge is 0.388 e. The molecule has 0 spiro atoms. The summed E-state index contributed by atoms with van der Waals surface area (Å²) >= 11 is 5.74. The van der Waals surface area contributed by atoms with E-state index in [2.05, 4.69) is 5.32 Å². The first kappa shape index (κ1) is 17.9. The van der Waals surface area contributed by atoms with E-state index in [1.54, 1.807) is 19.1 Å². The van der Waals surface area contributed by atoms with Gasteiger partial charge >= 0.3 is 0 Å². The summed E-state index contributed by atoms with van der Waals surface area (Å²) in [6.45, 7) is 1.73. The minimum atomic E-state index is -0.735. The van der Waals surface area contributed by atoms with Crippen molar-refractivity contribution in [3.8, 4) is 0 Å². The summed E-state index contributed by atoms with van der Waals surface area (Å²) in [5.41, 5.74) is 0.331. The fourth-order valence-corrected chi connectivity index (χ4v) is 2.52. The molecular formula is C17H17ClN2O4. The molecule has 0 aliphatic rings. The van der Waals surface area contributed by atoms with Gasteiger partial charge in [-0.2, -0.15) is 0 Å². The Morgan fingerprint density at radius 1 is 1.29 bits per heavy atom. The molecule has 0 saturated heterocycles. The summed E-state index contributed by atoms with van der Waals surface area (Å²) in [4.78, 5) is 22.7. The number of aliphatic hydroxyl groups is 1. The molecule has 7 heteroatoms. The summed E-state index contributed by atoms with van der Waals surface area (Å²) in [5.74, 6) is -0.578. The van der Waals surface area contributed by atoms with Crippen LogP contribution in [0, 0.1) is 10.1 Å². The molecule has 2 aromatic carbocycles. The van der Waals surface area contributed by atoms with Gasteiger partial charge in [-0.1, -0.05) is 41.9 Å². The second-order valence-corrected chi connectivity index (χ2v) is 5.89. The van der Waals surface area contributed by atoms with Crippen LogP contribution < -0.4 is 5.32 Å². The van der Waals surface area contributed by atoms with Crippen LogP contribution in [-0.4, -0.2) is 22.0 Å². The molecule has 6 nitrogen and oxygen atoms in total. The number of hydrogen-bond donors (Lipinski definition) is 2. The van der Waals surface area contributed by atoms with Gasteiger partial charge in [-0.3, -0.25) is 14.9 Å². The van der Waals surface area contributed by atoms with Crippen molar-refractivity contribution in [1.82, 2.24) is 5.32 Å². The van der Waals surface area contributed by atoms with Crippen molar-refractivity contribution in [3.05, 3.63) is 74.8 Å². The molecule has 0 saturated carbocycles. The van der Waals surface area contributed by atoms with Gasteiger partial charge < -0.3 is 10.4 Å². The van der Waals surface area contributed by atoms with Crippen LogP contribution in [0.3, 0.4) is 0 Å². The van der Waals surface area contributed by atoms with Gasteiger partial charge in [0.05, 0.1) is 11.0 Å². The number of nitro groups is 1. The van der Waals surface area contributed by atoms with Gasteiger partial charge in [0.1, 0.15) is 5.56 Å². The fourth-order valence-electron chi connectivity index (χ4n) is 2.35. The summed E-state index contributed by atoms with van der Waals surface area (Å²) in [5, 5.41) is 24.1. The molecule has 2 rings (SSSR count). The van der Waals surface area contributed by atoms with Crippen LogP contribution >= 0.6 is 11.6 Å². The van der Waals surface area contributed by atoms with Crippen LogP contribution in [0.5, 0.6) is 0 Å². The van der Waals surface area contributed by atoms with E-state index in [-0.39, 0.29) is 28.7 Å². The molecule has 2 atom stereocenters. The van der Waals surface area contributed by atoms with Crippen LogP contribution in [0.25, 0.3) is 0 Å². The van der Waals surface area contributed by atoms with Gasteiger partial charge in [0, 0.05) is 17.1 Å². The molecule has 2 unspecified atom stereocenters. The van der Waals surface area contributed by atoms with E-state index in [4.69, 9.17) is 11.6 Å². The Labute approximate surface area is 144 Å². The summed E-state index contributed by atoms with van der Waals surface area (Å²) < 4.78 is 0. The SMILES string of the molecule is CC(CC(O)c1ccccc1)NC(=O)c1ccc(Cl)cc1[N+](=O)[O-]. The highest BCUT2D eigenvalue weighted by molar-refractivity contribution is 6.31. The van der Waals surface area contributed by atoms with Gasteiger partial charge in [0.2, 0.25) is 0 Å². The van der Waals surface area contributed by atoms with Crippen molar-refractivity contribution >= 4 is 23.2 Å². The molecule has 0 aliphatic carbocycles. The van der Waals surface area contributed by atoms with E-state index in [1.807, 2.05) is 18.2 Å². The monoisotopic (exact) mass is 348 g/mol. The number of amides is 1. The maximum atomic E-state index is 12.3. The number of nitrogens with one attached hydrogen (secondary N) is 1. The number of carbonyl (C=O) groups is 1. The average Bonchev–Trinajstić information content (AvgIpc) is 2.55. The molecule has 0 bridgehead atoms. The quantitative estimate of drug-likeness (QED) is 0.617. The van der Waals surface area contributed by atoms with E-state index in [0.717, 1.165) is 11.6 Å². The summed E-state index contributed by atoms with van der Waals surface area (Å²) in [7, 11) is 0. The summed E-state index contributed by atoms with van der Waals surface area (Å²) in [6, 6.07) is 12.6. The second kappa shape index (κ2) is 7.90. The first-order valence-electron chi connectivity index (χ1n) is 7.36. The molecule has 0 heterocycles. The highest BCUT2D eigenvalue weighted by Gasteiger charge is 2.22. The van der Waals surface area contributed by atoms with Crippen molar-refractivity contribution in [2.75, 3.05) is 0 Å². The maximum absolute atomic E-state index is 12.3. The van der Waals surface area contributed by atoms with Gasteiger partial charge in [0.15, 0.2) is 0 Å². The molecule has 0 aliphatic heterocycles. The zero-order valence-corrected chi connectivity index (χ0v) is 13.7. The maximum Gasteiger partial charge on any atom is 0.283 e. The Morgan fingerprint density at radius 3 is 2.58 bits per heavy atom. The number of nitrogens with zero attached hydrogens (tertiary/aromatic N) is 1. The lowest BCUT2D eigenvalue weighted by atomic mass is 10.0. The van der Waals surface area contributed by atoms with Crippen molar-refractivity contribution in [2.45, 2.75) is 25.5 Å². The van der Waals surface area contributed by atoms with E-state index in [0.29, 0.717) is 0 Å². The zero-order chi connectivity index (χ0) is 17.7. The Morgan fingerprint density at radius 2 is 1.96 bits per heavy atom. The van der Waals surface area contributed by atoms with E-state index < -0.39 is 16.9 Å². The van der Waals surface area contributed by atoms with E-state index in [9.17, 15) is 20.0 Å². The van der Waals surface area contributed by atoms with Crippen molar-refractivity contribution in [2.24, 2.45) is 0 Å². The molecule has 2 aromatic rings. The van der Waals surface area contributed by atoms with Crippen LogP contribution in [0.4, 0.5) is 5.69 Å². The van der Waals surface area contributed by atoms with Crippen LogP contribution in [-0.2, 0) is 0 Å². The van der Waals surface area contributed by atoms with Crippen LogP contribution in [0.1, 0.15) is 35.4 Å². The third kappa shape index (κ3) is 4.53. The topological polar surface area (TPSA) is 92.5 Å². The Kier molecular flexibility index (Phi) is 5.89. The fraction of sp³-hybridized carbons (Fsp3) is 0.235. The lowest BCUT2D eigenvalue weighted by Crippen LogP contribution is -2.34. The third-order valence-corrected chi connectivity index (χ3v) is 3.77. The Balaban J connectivity index is 2.05. The predicted molar refractivity (Wildman–Crippen MR) is 91.1 cm³/mol. The standard InChI is InChI=1S/C17H17ClN2O4/c1-11(9-16(21)12-5-3-2-4-6-12)19-17(22)14-8-7-13(18)10-15(14)20(23)24/h2-8,10-11,16,21H,9H2,1H3,(H,19,22). The van der Waals surface area contributed by atoms with Crippen molar-refractivity contribution in [3.63, 3.8) is 0 Å². The highest BCUT2D eigenvalue weighted by Crippen LogP contribution is 2.24. The molecule has 0 aromatic heterocycles. The normalized spacial score (nSPS) is 13.1. The minimum absolute atomic E-state index is 0.0644. The molecule has 0 radical (unpaired) electrons. The van der Waals surface area contributed by atoms with E-state index >= 15 is 0 Å². The lowest BCUT2D eigenvalue weighted by molar-refractivity contribution is -0.385. The minimum Gasteiger partial charge on any atom is -0.388 e. The Hall–Kier alpha value is -2.44. The number of aliphatic hydroxyl groups excluding tert-OH is 1. The smallest absolute Gasteiger partial charge is 0.283 e. The first-order valence-corrected chi connectivity index (χ1v) is 7.74. The second-order valence-electron chi connectivity index (χ2n) is 5.46.